The van der Waals surface area contributed by atoms with Gasteiger partial charge in [0.1, 0.15) is 5.54 Å². The molecule has 4 rings (SSSR count). The van der Waals surface area contributed by atoms with Gasteiger partial charge in [-0.15, -0.1) is 0 Å². The van der Waals surface area contributed by atoms with E-state index in [4.69, 9.17) is 0 Å². The van der Waals surface area contributed by atoms with Gasteiger partial charge < -0.3 is 9.80 Å². The van der Waals surface area contributed by atoms with E-state index >= 15 is 0 Å². The molecular weight excluding hydrogens is 344 g/mol. The average molecular weight is 370 g/mol. The van der Waals surface area contributed by atoms with Crippen molar-refractivity contribution in [3.63, 3.8) is 0 Å². The lowest BCUT2D eigenvalue weighted by atomic mass is 9.85. The Labute approximate surface area is 159 Å². The second-order valence-electron chi connectivity index (χ2n) is 7.97. The highest BCUT2D eigenvalue weighted by Crippen LogP contribution is 2.36. The van der Waals surface area contributed by atoms with Crippen molar-refractivity contribution >= 4 is 17.8 Å². The Morgan fingerprint density at radius 1 is 1.04 bits per heavy atom. The largest absolute Gasteiger partial charge is 0.341 e. The molecule has 0 aromatic heterocycles. The molecule has 27 heavy (non-hydrogen) atoms. The number of hydrogen-bond acceptors (Lipinski definition) is 4. The molecule has 0 bridgehead atoms. The van der Waals surface area contributed by atoms with Gasteiger partial charge >= 0.3 is 6.03 Å². The number of imide groups is 1. The van der Waals surface area contributed by atoms with Gasteiger partial charge in [-0.1, -0.05) is 24.3 Å². The molecule has 1 atom stereocenters. The summed E-state index contributed by atoms with van der Waals surface area (Å²) in [4.78, 5) is 44.7. The Hall–Kier alpha value is -2.41. The summed E-state index contributed by atoms with van der Waals surface area (Å²) in [6, 6.07) is 7.84. The number of fused-ring (bicyclic) bond motifs is 1. The molecule has 0 aliphatic carbocycles. The molecule has 3 heterocycles. The smallest absolute Gasteiger partial charge is 0.327 e. The van der Waals surface area contributed by atoms with Gasteiger partial charge in [0, 0.05) is 33.7 Å². The Balaban J connectivity index is 1.47. The number of urea groups is 1. The van der Waals surface area contributed by atoms with Gasteiger partial charge in [-0.05, 0) is 37.4 Å². The molecule has 0 radical (unpaired) electrons. The van der Waals surface area contributed by atoms with Crippen LogP contribution in [0.15, 0.2) is 24.3 Å². The molecule has 3 aliphatic rings. The van der Waals surface area contributed by atoms with Crippen molar-refractivity contribution in [1.82, 2.24) is 19.6 Å². The monoisotopic (exact) mass is 370 g/mol. The molecule has 1 aromatic rings. The number of amides is 4. The van der Waals surface area contributed by atoms with Gasteiger partial charge in [-0.3, -0.25) is 19.4 Å². The number of benzene rings is 1. The van der Waals surface area contributed by atoms with E-state index in [-0.39, 0.29) is 23.9 Å². The van der Waals surface area contributed by atoms with E-state index in [0.29, 0.717) is 32.4 Å². The van der Waals surface area contributed by atoms with Crippen LogP contribution in [0.5, 0.6) is 0 Å². The topological polar surface area (TPSA) is 64.2 Å². The van der Waals surface area contributed by atoms with E-state index in [1.165, 1.54) is 23.1 Å². The number of likely N-dealkylation sites (tertiary alicyclic amines) is 1. The molecule has 0 unspecified atom stereocenters. The van der Waals surface area contributed by atoms with Gasteiger partial charge in [0.2, 0.25) is 5.91 Å². The first kappa shape index (κ1) is 18.0. The van der Waals surface area contributed by atoms with Crippen molar-refractivity contribution in [3.05, 3.63) is 35.4 Å². The number of nitrogens with zero attached hydrogens (tertiary/aromatic N) is 4. The highest BCUT2D eigenvalue weighted by Gasteiger charge is 2.55. The molecule has 1 aromatic carbocycles. The number of carbonyl (C=O) groups excluding carboxylic acids is 3. The lowest BCUT2D eigenvalue weighted by Crippen LogP contribution is -2.59. The van der Waals surface area contributed by atoms with Gasteiger partial charge in [0.15, 0.2) is 0 Å². The molecule has 7 nitrogen and oxygen atoms in total. The first-order chi connectivity index (χ1) is 12.8. The first-order valence-electron chi connectivity index (χ1n) is 9.47. The van der Waals surface area contributed by atoms with Crippen LogP contribution in [0.25, 0.3) is 0 Å². The summed E-state index contributed by atoms with van der Waals surface area (Å²) in [6.45, 7) is 1.77. The van der Waals surface area contributed by atoms with Gasteiger partial charge in [-0.2, -0.15) is 0 Å². The Kier molecular flexibility index (Phi) is 4.22. The molecule has 2 fully saturated rings. The summed E-state index contributed by atoms with van der Waals surface area (Å²) in [5, 5.41) is 0. The lowest BCUT2D eigenvalue weighted by molar-refractivity contribution is -0.143. The van der Waals surface area contributed by atoms with Crippen LogP contribution in [0, 0.1) is 0 Å². The van der Waals surface area contributed by atoms with Crippen molar-refractivity contribution in [2.24, 2.45) is 0 Å². The van der Waals surface area contributed by atoms with Crippen LogP contribution in [0.4, 0.5) is 4.79 Å². The highest BCUT2D eigenvalue weighted by atomic mass is 16.2. The van der Waals surface area contributed by atoms with Crippen LogP contribution in [-0.2, 0) is 22.6 Å². The van der Waals surface area contributed by atoms with Gasteiger partial charge in [0.05, 0.1) is 6.04 Å². The molecule has 1 spiro atoms. The lowest BCUT2D eigenvalue weighted by Gasteiger charge is -2.43. The molecule has 0 saturated carbocycles. The number of rotatable bonds is 1. The van der Waals surface area contributed by atoms with Crippen molar-refractivity contribution < 1.29 is 14.4 Å². The zero-order valence-electron chi connectivity index (χ0n) is 16.1. The third-order valence-electron chi connectivity index (χ3n) is 6.59. The molecule has 7 heteroatoms. The molecule has 144 valence electrons. The second-order valence-corrected chi connectivity index (χ2v) is 7.97. The number of likely N-dealkylation sites (N-methyl/N-ethyl adjacent to an activating group) is 3. The van der Waals surface area contributed by atoms with E-state index in [0.717, 1.165) is 6.54 Å². The van der Waals surface area contributed by atoms with Crippen LogP contribution in [0.2, 0.25) is 0 Å². The zero-order chi connectivity index (χ0) is 19.3. The maximum absolute atomic E-state index is 13.2. The van der Waals surface area contributed by atoms with Crippen LogP contribution in [0.1, 0.15) is 24.0 Å². The fraction of sp³-hybridized carbons (Fsp3) is 0.550. The number of hydrogen-bond donors (Lipinski definition) is 0. The summed E-state index contributed by atoms with van der Waals surface area (Å²) in [7, 11) is 5.21. The molecule has 3 aliphatic heterocycles. The fourth-order valence-electron chi connectivity index (χ4n) is 4.74. The normalized spacial score (nSPS) is 25.3. The maximum atomic E-state index is 13.2. The molecule has 4 amide bonds. The second kappa shape index (κ2) is 6.34. The quantitative estimate of drug-likeness (QED) is 0.690. The van der Waals surface area contributed by atoms with Crippen LogP contribution in [0.3, 0.4) is 0 Å². The minimum Gasteiger partial charge on any atom is -0.341 e. The number of carbonyl (C=O) groups is 3. The highest BCUT2D eigenvalue weighted by molar-refractivity contribution is 6.06. The van der Waals surface area contributed by atoms with Crippen molar-refractivity contribution in [2.45, 2.75) is 37.4 Å². The van der Waals surface area contributed by atoms with Crippen molar-refractivity contribution in [2.75, 3.05) is 34.2 Å². The Bertz CT molecular complexity index is 800. The summed E-state index contributed by atoms with van der Waals surface area (Å²) in [6.07, 6.45) is 1.71. The Morgan fingerprint density at radius 2 is 1.67 bits per heavy atom. The van der Waals surface area contributed by atoms with E-state index in [2.05, 4.69) is 17.0 Å². The SMILES string of the molecule is CN1C(=O)N(C)C2(CCN(C(=O)[C@H]3Cc4ccccc4CN3C)CC2)C1=O. The zero-order valence-corrected chi connectivity index (χ0v) is 16.1. The summed E-state index contributed by atoms with van der Waals surface area (Å²) in [5.74, 6) is -0.0274. The fourth-order valence-corrected chi connectivity index (χ4v) is 4.74. The third kappa shape index (κ3) is 2.64. The maximum Gasteiger partial charge on any atom is 0.327 e. The summed E-state index contributed by atoms with van der Waals surface area (Å²) < 4.78 is 0. The Morgan fingerprint density at radius 3 is 2.26 bits per heavy atom. The minimum atomic E-state index is -0.784. The van der Waals surface area contributed by atoms with Crippen molar-refractivity contribution in [1.29, 1.82) is 0 Å². The third-order valence-corrected chi connectivity index (χ3v) is 6.59. The average Bonchev–Trinajstić information content (AvgIpc) is 2.84. The van der Waals surface area contributed by atoms with Gasteiger partial charge in [0.25, 0.3) is 5.91 Å². The van der Waals surface area contributed by atoms with Gasteiger partial charge in [-0.25, -0.2) is 4.79 Å². The van der Waals surface area contributed by atoms with Crippen molar-refractivity contribution in [3.8, 4) is 0 Å². The van der Waals surface area contributed by atoms with E-state index in [1.807, 2.05) is 24.1 Å². The van der Waals surface area contributed by atoms with E-state index < -0.39 is 5.54 Å². The first-order valence-corrected chi connectivity index (χ1v) is 9.47. The van der Waals surface area contributed by atoms with Crippen LogP contribution >= 0.6 is 0 Å². The predicted octanol–water partition coefficient (Wildman–Crippen LogP) is 0.928. The van der Waals surface area contributed by atoms with E-state index in [9.17, 15) is 14.4 Å². The van der Waals surface area contributed by atoms with Crippen LogP contribution in [-0.4, -0.2) is 83.3 Å². The number of piperidine rings is 1. The summed E-state index contributed by atoms with van der Waals surface area (Å²) in [5.41, 5.74) is 1.73. The molecular formula is C20H26N4O3. The molecule has 0 N–H and O–H groups in total. The van der Waals surface area contributed by atoms with E-state index in [1.54, 1.807) is 11.9 Å². The van der Waals surface area contributed by atoms with Crippen LogP contribution < -0.4 is 0 Å². The predicted molar refractivity (Wildman–Crippen MR) is 99.9 cm³/mol. The minimum absolute atomic E-state index is 0.120. The standard InChI is InChI=1S/C20H26N4O3/c1-21-13-15-7-5-4-6-14(15)12-16(21)17(25)24-10-8-20(9-11-24)18(26)22(2)19(27)23(20)3/h4-7,16H,8-13H2,1-3H3/t16-/m1/s1. The summed E-state index contributed by atoms with van der Waals surface area (Å²) >= 11 is 0. The molecule has 2 saturated heterocycles.